The van der Waals surface area contributed by atoms with Gasteiger partial charge in [0.25, 0.3) is 0 Å². The van der Waals surface area contributed by atoms with Gasteiger partial charge < -0.3 is 15.0 Å². The van der Waals surface area contributed by atoms with Gasteiger partial charge in [-0.05, 0) is 37.8 Å². The summed E-state index contributed by atoms with van der Waals surface area (Å²) in [6, 6.07) is 2.06. The molecule has 1 N–H and O–H groups in total. The Balaban J connectivity index is 1.26. The zero-order valence-corrected chi connectivity index (χ0v) is 15.3. The summed E-state index contributed by atoms with van der Waals surface area (Å²) in [5.74, 6) is 2.25. The molecule has 1 aromatic rings. The first-order valence-corrected chi connectivity index (χ1v) is 9.91. The van der Waals surface area contributed by atoms with Crippen LogP contribution < -0.4 is 10.2 Å². The lowest BCUT2D eigenvalue weighted by molar-refractivity contribution is -0.122. The fourth-order valence-electron chi connectivity index (χ4n) is 4.17. The van der Waals surface area contributed by atoms with E-state index in [0.29, 0.717) is 12.3 Å². The van der Waals surface area contributed by atoms with Crippen molar-refractivity contribution in [2.24, 2.45) is 11.8 Å². The minimum Gasteiger partial charge on any atom is -0.379 e. The zero-order valence-electron chi connectivity index (χ0n) is 15.3. The highest BCUT2D eigenvalue weighted by Crippen LogP contribution is 2.42. The molecule has 3 heterocycles. The number of ether oxygens (including phenoxy) is 1. The van der Waals surface area contributed by atoms with Crippen LogP contribution in [0.15, 0.2) is 18.5 Å². The van der Waals surface area contributed by atoms with Gasteiger partial charge in [0.1, 0.15) is 0 Å². The molecule has 1 amide bonds. The van der Waals surface area contributed by atoms with Crippen LogP contribution in [0.4, 0.5) is 5.95 Å². The van der Waals surface area contributed by atoms with Crippen molar-refractivity contribution in [2.75, 3.05) is 50.8 Å². The Morgan fingerprint density at radius 1 is 1.19 bits per heavy atom. The van der Waals surface area contributed by atoms with Gasteiger partial charge in [-0.2, -0.15) is 0 Å². The van der Waals surface area contributed by atoms with Crippen molar-refractivity contribution in [3.63, 3.8) is 0 Å². The van der Waals surface area contributed by atoms with Crippen LogP contribution in [-0.4, -0.2) is 72.8 Å². The number of rotatable bonds is 7. The lowest BCUT2D eigenvalue weighted by Gasteiger charge is -2.26. The van der Waals surface area contributed by atoms with Crippen molar-refractivity contribution in [3.8, 4) is 0 Å². The first-order chi connectivity index (χ1) is 12.8. The molecule has 1 saturated carbocycles. The molecule has 0 aromatic carbocycles. The Morgan fingerprint density at radius 2 is 1.96 bits per heavy atom. The van der Waals surface area contributed by atoms with Crippen molar-refractivity contribution in [2.45, 2.75) is 31.7 Å². The quantitative estimate of drug-likeness (QED) is 0.781. The Labute approximate surface area is 155 Å². The molecule has 3 aliphatic rings. The molecule has 1 aliphatic carbocycles. The number of aromatic nitrogens is 2. The van der Waals surface area contributed by atoms with Crippen LogP contribution in [0.2, 0.25) is 0 Å². The first-order valence-electron chi connectivity index (χ1n) is 9.91. The number of carbonyl (C=O) groups is 1. The molecule has 4 rings (SSSR count). The van der Waals surface area contributed by atoms with Crippen LogP contribution in [0.5, 0.6) is 0 Å². The predicted molar refractivity (Wildman–Crippen MR) is 98.9 cm³/mol. The van der Waals surface area contributed by atoms with Crippen LogP contribution in [0.25, 0.3) is 0 Å². The Kier molecular flexibility index (Phi) is 5.65. The van der Waals surface area contributed by atoms with Crippen LogP contribution in [0.3, 0.4) is 0 Å². The van der Waals surface area contributed by atoms with Gasteiger partial charge in [0, 0.05) is 50.9 Å². The van der Waals surface area contributed by atoms with Crippen LogP contribution >= 0.6 is 0 Å². The minimum absolute atomic E-state index is 0.185. The Bertz CT molecular complexity index is 589. The molecule has 26 heavy (non-hydrogen) atoms. The van der Waals surface area contributed by atoms with Crippen molar-refractivity contribution in [1.29, 1.82) is 0 Å². The van der Waals surface area contributed by atoms with Crippen molar-refractivity contribution in [3.05, 3.63) is 18.5 Å². The van der Waals surface area contributed by atoms with Gasteiger partial charge in [0.15, 0.2) is 0 Å². The normalized spacial score (nSPS) is 26.8. The van der Waals surface area contributed by atoms with E-state index < -0.39 is 0 Å². The second kappa shape index (κ2) is 8.31. The van der Waals surface area contributed by atoms with Gasteiger partial charge in [0.2, 0.25) is 11.9 Å². The van der Waals surface area contributed by atoms with Crippen LogP contribution in [0, 0.1) is 11.8 Å². The average molecular weight is 359 g/mol. The summed E-state index contributed by atoms with van der Waals surface area (Å²) in [5.41, 5.74) is 0. The number of amides is 1. The number of carbonyl (C=O) groups excluding carboxylic acids is 1. The van der Waals surface area contributed by atoms with Crippen LogP contribution in [-0.2, 0) is 9.53 Å². The maximum Gasteiger partial charge on any atom is 0.225 e. The monoisotopic (exact) mass is 359 g/mol. The van der Waals surface area contributed by atoms with E-state index in [-0.39, 0.29) is 11.9 Å². The fraction of sp³-hybridized carbons (Fsp3) is 0.737. The molecule has 0 radical (unpaired) electrons. The van der Waals surface area contributed by atoms with Gasteiger partial charge in [-0.1, -0.05) is 0 Å². The van der Waals surface area contributed by atoms with Gasteiger partial charge in [-0.3, -0.25) is 9.69 Å². The highest BCUT2D eigenvalue weighted by molar-refractivity contribution is 5.76. The van der Waals surface area contributed by atoms with E-state index in [1.165, 1.54) is 12.8 Å². The van der Waals surface area contributed by atoms with Crippen molar-refractivity contribution in [1.82, 2.24) is 20.2 Å². The number of nitrogens with zero attached hydrogens (tertiary/aromatic N) is 4. The number of anilines is 1. The lowest BCUT2D eigenvalue weighted by Crippen LogP contribution is -2.42. The maximum absolute atomic E-state index is 12.5. The fourth-order valence-corrected chi connectivity index (χ4v) is 4.17. The highest BCUT2D eigenvalue weighted by atomic mass is 16.5. The molecular weight excluding hydrogens is 330 g/mol. The molecule has 2 atom stereocenters. The lowest BCUT2D eigenvalue weighted by atomic mass is 9.98. The first kappa shape index (κ1) is 17.7. The minimum atomic E-state index is 0.185. The smallest absolute Gasteiger partial charge is 0.225 e. The molecule has 1 aromatic heterocycles. The number of morpholine rings is 1. The van der Waals surface area contributed by atoms with Gasteiger partial charge in [0.05, 0.1) is 19.3 Å². The molecule has 142 valence electrons. The SMILES string of the molecule is O=C(CCCN1CCOCC1)N[C@@H]1CN(c2ncccn2)C[C@H]1C1CC1. The molecule has 0 bridgehead atoms. The summed E-state index contributed by atoms with van der Waals surface area (Å²) >= 11 is 0. The van der Waals surface area contributed by atoms with E-state index >= 15 is 0 Å². The molecular formula is C19H29N5O2. The number of hydrogen-bond acceptors (Lipinski definition) is 6. The third kappa shape index (κ3) is 4.51. The average Bonchev–Trinajstić information content (AvgIpc) is 3.44. The molecule has 0 unspecified atom stereocenters. The summed E-state index contributed by atoms with van der Waals surface area (Å²) < 4.78 is 5.37. The molecule has 0 spiro atoms. The highest BCUT2D eigenvalue weighted by Gasteiger charge is 2.43. The summed E-state index contributed by atoms with van der Waals surface area (Å²) in [7, 11) is 0. The van der Waals surface area contributed by atoms with E-state index in [9.17, 15) is 4.79 Å². The summed E-state index contributed by atoms with van der Waals surface area (Å²) in [6.45, 7) is 6.36. The molecule has 7 heteroatoms. The van der Waals surface area contributed by atoms with Gasteiger partial charge in [-0.15, -0.1) is 0 Å². The second-order valence-corrected chi connectivity index (χ2v) is 7.69. The van der Waals surface area contributed by atoms with E-state index in [1.54, 1.807) is 12.4 Å². The number of nitrogens with one attached hydrogen (secondary N) is 1. The van der Waals surface area contributed by atoms with Crippen LogP contribution in [0.1, 0.15) is 25.7 Å². The third-order valence-corrected chi connectivity index (χ3v) is 5.76. The maximum atomic E-state index is 12.5. The molecule has 3 fully saturated rings. The predicted octanol–water partition coefficient (Wildman–Crippen LogP) is 0.920. The van der Waals surface area contributed by atoms with E-state index in [4.69, 9.17) is 4.74 Å². The van der Waals surface area contributed by atoms with E-state index in [0.717, 1.165) is 64.2 Å². The zero-order chi connectivity index (χ0) is 17.8. The van der Waals surface area contributed by atoms with E-state index in [2.05, 4.69) is 25.1 Å². The molecule has 7 nitrogen and oxygen atoms in total. The Morgan fingerprint density at radius 3 is 2.69 bits per heavy atom. The van der Waals surface area contributed by atoms with Crippen molar-refractivity contribution >= 4 is 11.9 Å². The molecule has 2 aliphatic heterocycles. The Hall–Kier alpha value is -1.73. The summed E-state index contributed by atoms with van der Waals surface area (Å²) in [6.07, 6.45) is 7.67. The molecule has 2 saturated heterocycles. The van der Waals surface area contributed by atoms with Gasteiger partial charge in [-0.25, -0.2) is 9.97 Å². The van der Waals surface area contributed by atoms with Crippen molar-refractivity contribution < 1.29 is 9.53 Å². The van der Waals surface area contributed by atoms with E-state index in [1.807, 2.05) is 6.07 Å². The summed E-state index contributed by atoms with van der Waals surface area (Å²) in [4.78, 5) is 25.8. The third-order valence-electron chi connectivity index (χ3n) is 5.76. The standard InChI is InChI=1S/C19H29N5O2/c25-18(3-1-8-23-9-11-26-12-10-23)22-17-14-24(13-16(17)15-4-5-15)19-20-6-2-7-21-19/h2,6-7,15-17H,1,3-5,8-14H2,(H,22,25)/t16-,17+/m0/s1. The second-order valence-electron chi connectivity index (χ2n) is 7.69. The van der Waals surface area contributed by atoms with Gasteiger partial charge >= 0.3 is 0 Å². The number of hydrogen-bond donors (Lipinski definition) is 1. The topological polar surface area (TPSA) is 70.6 Å². The largest absolute Gasteiger partial charge is 0.379 e. The summed E-state index contributed by atoms with van der Waals surface area (Å²) in [5, 5.41) is 3.31.